The molecular formula is C57H97N10O13S-. The largest absolute Gasteiger partial charge is 0.772 e. The lowest BCUT2D eigenvalue weighted by atomic mass is 9.95. The molecular weight excluding hydrogens is 1060 g/mol. The molecule has 1 aromatic carbocycles. The molecule has 0 bridgehead atoms. The molecule has 24 heteroatoms. The predicted octanol–water partition coefficient (Wildman–Crippen LogP) is 1.28. The number of piperidine rings is 1. The van der Waals surface area contributed by atoms with Gasteiger partial charge < -0.3 is 65.1 Å². The van der Waals surface area contributed by atoms with Crippen LogP contribution in [0.15, 0.2) is 30.3 Å². The van der Waals surface area contributed by atoms with E-state index in [9.17, 15) is 57.0 Å². The number of likely N-dealkylation sites (tertiary alicyclic amines) is 1. The Kier molecular flexibility index (Phi) is 29.6. The summed E-state index contributed by atoms with van der Waals surface area (Å²) in [4.78, 5) is 135. The lowest BCUT2D eigenvalue weighted by molar-refractivity contribution is -0.150. The van der Waals surface area contributed by atoms with E-state index in [-0.39, 0.29) is 43.6 Å². The van der Waals surface area contributed by atoms with Gasteiger partial charge in [-0.1, -0.05) is 89.4 Å². The van der Waals surface area contributed by atoms with Crippen molar-refractivity contribution < 1.29 is 61.8 Å². The summed E-state index contributed by atoms with van der Waals surface area (Å²) in [5.74, 6) is -7.53. The molecule has 1 aliphatic rings. The molecule has 0 aliphatic carbocycles. The zero-order valence-corrected chi connectivity index (χ0v) is 52.1. The number of hydrogen-bond donors (Lipinski definition) is 5. The van der Waals surface area contributed by atoms with Crippen molar-refractivity contribution in [3.05, 3.63) is 35.9 Å². The van der Waals surface area contributed by atoms with Crippen molar-refractivity contribution in [1.82, 2.24) is 50.7 Å². The van der Waals surface area contributed by atoms with Gasteiger partial charge in [-0.3, -0.25) is 47.4 Å². The van der Waals surface area contributed by atoms with Crippen molar-refractivity contribution in [1.29, 1.82) is 0 Å². The molecule has 2 rings (SSSR count). The number of benzene rings is 1. The molecule has 0 radical (unpaired) electrons. The third-order valence-corrected chi connectivity index (χ3v) is 15.3. The summed E-state index contributed by atoms with van der Waals surface area (Å²) in [7, 11) is 8.65. The van der Waals surface area contributed by atoms with Gasteiger partial charge >= 0.3 is 0 Å². The number of ether oxygens (including phenoxy) is 1. The first-order chi connectivity index (χ1) is 37.7. The topological polar surface area (TPSA) is 291 Å². The van der Waals surface area contributed by atoms with Crippen molar-refractivity contribution in [2.45, 2.75) is 181 Å². The maximum absolute atomic E-state index is 14.7. The number of hydrogen-bond acceptors (Lipinski definition) is 14. The van der Waals surface area contributed by atoms with Crippen LogP contribution in [-0.2, 0) is 65.4 Å². The number of aliphatic hydroxyl groups excluding tert-OH is 1. The summed E-state index contributed by atoms with van der Waals surface area (Å²) >= 11 is -2.70. The van der Waals surface area contributed by atoms with E-state index in [1.165, 1.54) is 56.9 Å². The predicted molar refractivity (Wildman–Crippen MR) is 308 cm³/mol. The SMILES string of the molecule is CC[C@H](C)[C@@H](C(=O)N[C@@H](CS(=O)[O-])C(=O)N1CCCCC1)N(C)C(=O)[C@H](COC(C)(C)C)NC(=O)[C@H](CC(C)C)N(C)C(=O)CN(C)C(=O)[C@@H](NC(=O)[C@H](CC(C)C)N(C)C(=O)[C@H](Cc1ccccc1)N(C)C(=O)[C@H](C)NC)[C@@H](C)O. The molecule has 0 saturated carbocycles. The highest BCUT2D eigenvalue weighted by atomic mass is 32.2. The van der Waals surface area contributed by atoms with Gasteiger partial charge in [0.2, 0.25) is 53.2 Å². The summed E-state index contributed by atoms with van der Waals surface area (Å²) in [6.07, 6.45) is 1.65. The molecule has 1 saturated heterocycles. The quantitative estimate of drug-likeness (QED) is 0.0656. The molecule has 11 atom stereocenters. The molecule has 1 fully saturated rings. The van der Waals surface area contributed by atoms with Gasteiger partial charge in [0.05, 0.1) is 30.9 Å². The van der Waals surface area contributed by atoms with Gasteiger partial charge in [-0.2, -0.15) is 0 Å². The van der Waals surface area contributed by atoms with Crippen LogP contribution in [0.25, 0.3) is 0 Å². The molecule has 1 aromatic rings. The van der Waals surface area contributed by atoms with E-state index >= 15 is 0 Å². The first kappa shape index (κ1) is 71.5. The van der Waals surface area contributed by atoms with Crippen LogP contribution in [0.1, 0.15) is 120 Å². The lowest BCUT2D eigenvalue weighted by Crippen LogP contribution is -2.62. The Bertz CT molecular complexity index is 2280. The number of nitrogens with one attached hydrogen (secondary N) is 4. The highest BCUT2D eigenvalue weighted by molar-refractivity contribution is 7.79. The van der Waals surface area contributed by atoms with Gasteiger partial charge in [0.25, 0.3) is 0 Å². The molecule has 9 amide bonds. The van der Waals surface area contributed by atoms with Crippen molar-refractivity contribution in [2.75, 3.05) is 74.3 Å². The van der Waals surface area contributed by atoms with Crippen molar-refractivity contribution in [3.8, 4) is 0 Å². The minimum Gasteiger partial charge on any atom is -0.772 e. The second-order valence-corrected chi connectivity index (χ2v) is 24.5. The van der Waals surface area contributed by atoms with E-state index in [1.54, 1.807) is 48.6 Å². The second-order valence-electron chi connectivity index (χ2n) is 23.5. The molecule has 5 N–H and O–H groups in total. The van der Waals surface area contributed by atoms with Gasteiger partial charge in [-0.05, 0) is 97.1 Å². The Balaban J connectivity index is 2.45. The third-order valence-electron chi connectivity index (χ3n) is 14.7. The summed E-state index contributed by atoms with van der Waals surface area (Å²) in [6, 6.07) is -0.564. The molecule has 1 unspecified atom stereocenters. The Labute approximate surface area is 484 Å². The Morgan fingerprint density at radius 3 is 1.70 bits per heavy atom. The minimum atomic E-state index is -2.70. The normalized spacial score (nSPS) is 16.9. The van der Waals surface area contributed by atoms with Gasteiger partial charge in [-0.25, -0.2) is 0 Å². The van der Waals surface area contributed by atoms with Crippen LogP contribution in [0.4, 0.5) is 0 Å². The van der Waals surface area contributed by atoms with Gasteiger partial charge in [0.15, 0.2) is 0 Å². The number of nitrogens with zero attached hydrogens (tertiary/aromatic N) is 6. The fourth-order valence-electron chi connectivity index (χ4n) is 9.52. The average Bonchev–Trinajstić information content (AvgIpc) is 3.41. The second kappa shape index (κ2) is 33.5. The van der Waals surface area contributed by atoms with Crippen molar-refractivity contribution in [3.63, 3.8) is 0 Å². The molecule has 81 heavy (non-hydrogen) atoms. The fourth-order valence-corrected chi connectivity index (χ4v) is 10.0. The number of rotatable bonds is 31. The molecule has 1 heterocycles. The number of aliphatic hydroxyl groups is 1. The number of carbonyl (C=O) groups is 9. The van der Waals surface area contributed by atoms with Crippen LogP contribution >= 0.6 is 0 Å². The van der Waals surface area contributed by atoms with Crippen LogP contribution in [0.3, 0.4) is 0 Å². The van der Waals surface area contributed by atoms with E-state index < -0.39 is 137 Å². The number of amides is 9. The Hall–Kier alpha value is -5.56. The molecule has 1 aliphatic heterocycles. The van der Waals surface area contributed by atoms with Gasteiger partial charge in [-0.15, -0.1) is 0 Å². The maximum Gasteiger partial charge on any atom is 0.248 e. The summed E-state index contributed by atoms with van der Waals surface area (Å²) in [5, 5.41) is 21.9. The van der Waals surface area contributed by atoms with E-state index in [0.717, 1.165) is 39.5 Å². The smallest absolute Gasteiger partial charge is 0.248 e. The van der Waals surface area contributed by atoms with E-state index in [0.29, 0.717) is 19.5 Å². The van der Waals surface area contributed by atoms with Crippen LogP contribution in [0.5, 0.6) is 0 Å². The van der Waals surface area contributed by atoms with Crippen LogP contribution in [-0.4, -0.2) is 231 Å². The number of likely N-dealkylation sites (N-methyl/N-ethyl adjacent to an activating group) is 6. The third kappa shape index (κ3) is 22.3. The average molecular weight is 1160 g/mol. The highest BCUT2D eigenvalue weighted by Gasteiger charge is 2.42. The lowest BCUT2D eigenvalue weighted by Gasteiger charge is -2.37. The highest BCUT2D eigenvalue weighted by Crippen LogP contribution is 2.21. The van der Waals surface area contributed by atoms with Crippen LogP contribution < -0.4 is 21.3 Å². The van der Waals surface area contributed by atoms with Gasteiger partial charge in [0, 0.05) is 60.5 Å². The van der Waals surface area contributed by atoms with E-state index in [2.05, 4.69) is 21.3 Å². The summed E-state index contributed by atoms with van der Waals surface area (Å²) in [6.45, 7) is 18.9. The van der Waals surface area contributed by atoms with Crippen LogP contribution in [0, 0.1) is 17.8 Å². The van der Waals surface area contributed by atoms with Crippen molar-refractivity contribution in [2.24, 2.45) is 17.8 Å². The van der Waals surface area contributed by atoms with Crippen LogP contribution in [0.2, 0.25) is 0 Å². The molecule has 460 valence electrons. The van der Waals surface area contributed by atoms with Crippen molar-refractivity contribution >= 4 is 64.2 Å². The first-order valence-electron chi connectivity index (χ1n) is 28.3. The van der Waals surface area contributed by atoms with E-state index in [4.69, 9.17) is 4.74 Å². The molecule has 0 spiro atoms. The fraction of sp³-hybridized carbons (Fsp3) is 0.737. The monoisotopic (exact) mass is 1160 g/mol. The minimum absolute atomic E-state index is 0.0918. The standard InChI is InChI=1S/C57H98N10O13S/c1-18-37(6)48(51(72)60-42(34-81(78)79)54(75)67-27-23-20-24-28-67)66(17)53(74)41(33-80-57(9,10)11)59-49(70)43(29-35(2)3)63(14)46(69)32-62(13)56(77)47(39(8)68)61-50(71)44(30-36(4)5)64(15)55(76)45(31-40-25-21-19-22-26-40)65(16)52(73)38(7)58-12/h19,21-22,25-26,35-39,41-45,47-48,58,68H,18,20,23-24,27-34H2,1-17H3,(H,59,70)(H,60,72)(H,61,71)(H,78,79)/p-1/t37-,38-,39+,41-,42-,43-,44-,45-,47-,48-/m0/s1. The zero-order chi connectivity index (χ0) is 61.8. The zero-order valence-electron chi connectivity index (χ0n) is 51.2. The molecule has 0 aromatic heterocycles. The summed E-state index contributed by atoms with van der Waals surface area (Å²) in [5.41, 5.74) is -0.0329. The Morgan fingerprint density at radius 1 is 0.691 bits per heavy atom. The first-order valence-corrected chi connectivity index (χ1v) is 29.5. The summed E-state index contributed by atoms with van der Waals surface area (Å²) < 4.78 is 30.0. The Morgan fingerprint density at radius 2 is 1.21 bits per heavy atom. The molecule has 23 nitrogen and oxygen atoms in total. The maximum atomic E-state index is 14.7. The number of carbonyl (C=O) groups excluding carboxylic acids is 9. The van der Waals surface area contributed by atoms with Gasteiger partial charge in [0.1, 0.15) is 42.3 Å². The van der Waals surface area contributed by atoms with E-state index in [1.807, 2.05) is 58.0 Å².